The highest BCUT2D eigenvalue weighted by atomic mass is 16.3. The number of anilines is 3. The lowest BCUT2D eigenvalue weighted by Crippen LogP contribution is -2.29. The number of hydrogen-bond acceptors (Lipinski definition) is 2. The molecule has 2 heteroatoms. The van der Waals surface area contributed by atoms with E-state index in [9.17, 15) is 0 Å². The van der Waals surface area contributed by atoms with E-state index in [2.05, 4.69) is 217 Å². The normalized spacial score (nSPS) is 15.5. The summed E-state index contributed by atoms with van der Waals surface area (Å²) in [7, 11) is 0. The van der Waals surface area contributed by atoms with Gasteiger partial charge >= 0.3 is 0 Å². The lowest BCUT2D eigenvalue weighted by molar-refractivity contribution is 0.669. The first-order valence-corrected chi connectivity index (χ1v) is 21.3. The van der Waals surface area contributed by atoms with Crippen molar-refractivity contribution in [3.8, 4) is 33.4 Å². The fourth-order valence-electron chi connectivity index (χ4n) is 10.2. The van der Waals surface area contributed by atoms with Gasteiger partial charge in [0.25, 0.3) is 0 Å². The fourth-order valence-corrected chi connectivity index (χ4v) is 10.2. The molecule has 1 atom stereocenters. The fraction of sp³-hybridized carbons (Fsp3) is 0.0508. The number of rotatable bonds is 7. The molecule has 12 rings (SSSR count). The van der Waals surface area contributed by atoms with Crippen LogP contribution < -0.4 is 4.90 Å². The highest BCUT2D eigenvalue weighted by Crippen LogP contribution is 2.58. The van der Waals surface area contributed by atoms with Crippen LogP contribution in [0.25, 0.3) is 66.1 Å². The molecule has 2 nitrogen and oxygen atoms in total. The summed E-state index contributed by atoms with van der Waals surface area (Å²) in [4.78, 5) is 2.47. The molecule has 288 valence electrons. The lowest BCUT2D eigenvalue weighted by atomic mass is 9.66. The molecule has 0 saturated carbocycles. The van der Waals surface area contributed by atoms with E-state index in [1.54, 1.807) is 0 Å². The Kier molecular flexibility index (Phi) is 8.24. The Balaban J connectivity index is 1.10. The molecule has 10 aromatic rings. The number of benzene rings is 9. The van der Waals surface area contributed by atoms with Crippen molar-refractivity contribution in [1.82, 2.24) is 0 Å². The second-order valence-corrected chi connectivity index (χ2v) is 16.3. The zero-order valence-electron chi connectivity index (χ0n) is 33.6. The number of fused-ring (bicyclic) bond motifs is 7. The van der Waals surface area contributed by atoms with Crippen molar-refractivity contribution in [3.05, 3.63) is 247 Å². The monoisotopic (exact) mass is 779 g/mol. The molecule has 0 saturated heterocycles. The number of nitrogens with zero attached hydrogens (tertiary/aromatic N) is 1. The van der Waals surface area contributed by atoms with Gasteiger partial charge in [-0.05, 0) is 128 Å². The third-order valence-electron chi connectivity index (χ3n) is 12.9. The predicted octanol–water partition coefficient (Wildman–Crippen LogP) is 16.1. The molecule has 9 aromatic carbocycles. The van der Waals surface area contributed by atoms with E-state index in [1.807, 2.05) is 12.1 Å². The minimum absolute atomic E-state index is 0.482. The summed E-state index contributed by atoms with van der Waals surface area (Å²) >= 11 is 0. The van der Waals surface area contributed by atoms with Crippen LogP contribution >= 0.6 is 0 Å². The van der Waals surface area contributed by atoms with Gasteiger partial charge in [0.1, 0.15) is 11.2 Å². The van der Waals surface area contributed by atoms with Gasteiger partial charge in [0.2, 0.25) is 0 Å². The van der Waals surface area contributed by atoms with Crippen LogP contribution in [0.4, 0.5) is 17.1 Å². The molecule has 0 bridgehead atoms. The molecular formula is C59H41NO. The smallest absolute Gasteiger partial charge is 0.136 e. The summed E-state index contributed by atoms with van der Waals surface area (Å²) in [5.74, 6) is 0. The molecule has 61 heavy (non-hydrogen) atoms. The van der Waals surface area contributed by atoms with Crippen LogP contribution in [0.15, 0.2) is 234 Å². The summed E-state index contributed by atoms with van der Waals surface area (Å²) < 4.78 is 6.46. The molecular weight excluding hydrogens is 739 g/mol. The van der Waals surface area contributed by atoms with Gasteiger partial charge in [-0.1, -0.05) is 170 Å². The first-order chi connectivity index (χ1) is 30.2. The molecule has 0 N–H and O–H groups in total. The van der Waals surface area contributed by atoms with Crippen molar-refractivity contribution in [3.63, 3.8) is 0 Å². The van der Waals surface area contributed by atoms with Crippen molar-refractivity contribution in [2.75, 3.05) is 4.90 Å². The van der Waals surface area contributed by atoms with E-state index in [-0.39, 0.29) is 0 Å². The quantitative estimate of drug-likeness (QED) is 0.160. The van der Waals surface area contributed by atoms with Crippen molar-refractivity contribution in [1.29, 1.82) is 0 Å². The number of para-hydroxylation sites is 2. The summed E-state index contributed by atoms with van der Waals surface area (Å²) in [6, 6.07) is 75.5. The third kappa shape index (κ3) is 5.64. The summed E-state index contributed by atoms with van der Waals surface area (Å²) in [5.41, 5.74) is 17.0. The zero-order chi connectivity index (χ0) is 40.3. The van der Waals surface area contributed by atoms with Crippen molar-refractivity contribution in [2.45, 2.75) is 18.3 Å². The topological polar surface area (TPSA) is 16.4 Å². The lowest BCUT2D eigenvalue weighted by Gasteiger charge is -2.36. The largest absolute Gasteiger partial charge is 0.456 e. The maximum absolute atomic E-state index is 6.46. The van der Waals surface area contributed by atoms with E-state index < -0.39 is 5.41 Å². The predicted molar refractivity (Wildman–Crippen MR) is 255 cm³/mol. The van der Waals surface area contributed by atoms with Crippen molar-refractivity contribution >= 4 is 49.8 Å². The maximum atomic E-state index is 6.46. The summed E-state index contributed by atoms with van der Waals surface area (Å²) in [5, 5.41) is 4.73. The van der Waals surface area contributed by atoms with Crippen LogP contribution in [0.5, 0.6) is 0 Å². The molecule has 2 aliphatic carbocycles. The highest BCUT2D eigenvalue weighted by molar-refractivity contribution is 6.06. The Bertz CT molecular complexity index is 3390. The van der Waals surface area contributed by atoms with Crippen LogP contribution in [-0.2, 0) is 5.41 Å². The summed E-state index contributed by atoms with van der Waals surface area (Å²) in [6.45, 7) is 0. The van der Waals surface area contributed by atoms with Crippen LogP contribution in [-0.4, -0.2) is 0 Å². The molecule has 0 spiro atoms. The second-order valence-electron chi connectivity index (χ2n) is 16.3. The van der Waals surface area contributed by atoms with Gasteiger partial charge < -0.3 is 9.32 Å². The Morgan fingerprint density at radius 1 is 0.426 bits per heavy atom. The Hall–Kier alpha value is -7.68. The molecule has 0 radical (unpaired) electrons. The first kappa shape index (κ1) is 35.3. The van der Waals surface area contributed by atoms with Crippen molar-refractivity contribution < 1.29 is 4.42 Å². The molecule has 1 unspecified atom stereocenters. The zero-order valence-corrected chi connectivity index (χ0v) is 33.6. The highest BCUT2D eigenvalue weighted by Gasteiger charge is 2.47. The minimum atomic E-state index is -0.482. The van der Waals surface area contributed by atoms with Gasteiger partial charge in [0.05, 0.1) is 11.1 Å². The van der Waals surface area contributed by atoms with Crippen LogP contribution in [0.2, 0.25) is 0 Å². The van der Waals surface area contributed by atoms with E-state index >= 15 is 0 Å². The average molecular weight is 780 g/mol. The summed E-state index contributed by atoms with van der Waals surface area (Å²) in [6.07, 6.45) is 9.28. The molecule has 1 heterocycles. The molecule has 1 aromatic heterocycles. The molecule has 2 aliphatic rings. The van der Waals surface area contributed by atoms with E-state index in [0.717, 1.165) is 63.0 Å². The number of furan rings is 1. The Labute approximate surface area is 356 Å². The maximum Gasteiger partial charge on any atom is 0.136 e. The number of allylic oxidation sites excluding steroid dienone is 4. The van der Waals surface area contributed by atoms with Gasteiger partial charge in [0.15, 0.2) is 0 Å². The van der Waals surface area contributed by atoms with Crippen LogP contribution in [0, 0.1) is 0 Å². The van der Waals surface area contributed by atoms with Gasteiger partial charge in [-0.2, -0.15) is 0 Å². The second kappa shape index (κ2) is 14.3. The van der Waals surface area contributed by atoms with Gasteiger partial charge in [-0.3, -0.25) is 0 Å². The SMILES string of the molecule is C1=CC(C2(c3ccccc3)c3ccccc3-c3ccc(N(c4cccc(-c5ccc6ccccc6c5)c4)c4ccccc4-c4ccc5c(c4)oc4ccccc45)cc32)=CCC1. The molecule has 0 fully saturated rings. The Morgan fingerprint density at radius 3 is 2.05 bits per heavy atom. The van der Waals surface area contributed by atoms with Gasteiger partial charge in [-0.15, -0.1) is 0 Å². The van der Waals surface area contributed by atoms with E-state index in [4.69, 9.17) is 4.42 Å². The molecule has 0 amide bonds. The average Bonchev–Trinajstić information content (AvgIpc) is 3.85. The van der Waals surface area contributed by atoms with Gasteiger partial charge in [-0.25, -0.2) is 0 Å². The minimum Gasteiger partial charge on any atom is -0.456 e. The number of hydrogen-bond donors (Lipinski definition) is 0. The van der Waals surface area contributed by atoms with Crippen LogP contribution in [0.3, 0.4) is 0 Å². The third-order valence-corrected chi connectivity index (χ3v) is 12.9. The van der Waals surface area contributed by atoms with Crippen LogP contribution in [0.1, 0.15) is 29.5 Å². The molecule has 0 aliphatic heterocycles. The van der Waals surface area contributed by atoms with Crippen molar-refractivity contribution in [2.24, 2.45) is 0 Å². The first-order valence-electron chi connectivity index (χ1n) is 21.3. The Morgan fingerprint density at radius 2 is 1.15 bits per heavy atom. The van der Waals surface area contributed by atoms with Gasteiger partial charge in [0, 0.05) is 27.7 Å². The standard InChI is InChI=1S/C59H41NO/c1-3-19-45(20-4-1)59(46-21-5-2-6-22-46)54-27-12-9-25-50(54)51-35-33-48(39-55(51)59)60(47-23-15-18-42(37-47)43-31-30-40-16-7-8-17-41(40)36-43)56-28-13-10-24-49(56)44-32-34-53-52-26-11-14-29-57(52)61-58(53)38-44/h1,3-5,7-39H,2,6H2. The van der Waals surface area contributed by atoms with E-state index in [0.29, 0.717) is 0 Å². The van der Waals surface area contributed by atoms with E-state index in [1.165, 1.54) is 55.3 Å².